The van der Waals surface area contributed by atoms with Crippen LogP contribution in [0.1, 0.15) is 0 Å². The minimum Gasteiger partial charge on any atom is -0.315 e. The summed E-state index contributed by atoms with van der Waals surface area (Å²) in [6.45, 7) is -0.0714. The molecule has 88 valence electrons. The van der Waals surface area contributed by atoms with Gasteiger partial charge in [-0.25, -0.2) is 9.32 Å². The zero-order valence-electron chi connectivity index (χ0n) is 9.07. The minimum absolute atomic E-state index is 0.0714. The summed E-state index contributed by atoms with van der Waals surface area (Å²) in [6, 6.07) is 7.78. The first-order valence-electron chi connectivity index (χ1n) is 4.88. The second-order valence-electron chi connectivity index (χ2n) is 3.49. The van der Waals surface area contributed by atoms with Gasteiger partial charge in [-0.15, -0.1) is 0 Å². The van der Waals surface area contributed by atoms with Crippen LogP contribution in [0.5, 0.6) is 5.75 Å². The molecule has 0 bridgehead atoms. The van der Waals surface area contributed by atoms with Gasteiger partial charge in [-0.3, -0.25) is 4.79 Å². The molecule has 1 aliphatic rings. The van der Waals surface area contributed by atoms with E-state index in [0.29, 0.717) is 10.4 Å². The Kier molecular flexibility index (Phi) is 3.06. The highest BCUT2D eigenvalue weighted by Gasteiger charge is 2.50. The highest BCUT2D eigenvalue weighted by molar-refractivity contribution is 7.38. The van der Waals surface area contributed by atoms with Crippen LogP contribution in [0, 0.1) is 0 Å². The van der Waals surface area contributed by atoms with E-state index in [4.69, 9.17) is 4.52 Å². The average Bonchev–Trinajstić information content (AvgIpc) is 2.54. The lowest BCUT2D eigenvalue weighted by atomic mass is 10.3. The molecule has 1 aromatic rings. The molecule has 0 saturated carbocycles. The Morgan fingerprint density at radius 2 is 1.88 bits per heavy atom. The fourth-order valence-electron chi connectivity index (χ4n) is 1.38. The third kappa shape index (κ3) is 2.26. The van der Waals surface area contributed by atoms with E-state index < -0.39 is 20.1 Å². The van der Waals surface area contributed by atoms with Gasteiger partial charge in [0.1, 0.15) is 6.54 Å². The maximum atomic E-state index is 11.8. The molecule has 1 aliphatic heterocycles. The zero-order chi connectivity index (χ0) is 12.4. The Morgan fingerprint density at radius 1 is 1.24 bits per heavy atom. The van der Waals surface area contributed by atoms with E-state index in [1.807, 2.05) is 0 Å². The summed E-state index contributed by atoms with van der Waals surface area (Å²) >= 11 is 0. The van der Waals surface area contributed by atoms with Crippen molar-refractivity contribution >= 4 is 20.1 Å². The summed E-state index contributed by atoms with van der Waals surface area (Å²) in [5.41, 5.74) is 0. The molecular formula is C10H10N2O4P+. The Labute approximate surface area is 98.7 Å². The Balaban J connectivity index is 2.11. The van der Waals surface area contributed by atoms with Crippen LogP contribution in [0.3, 0.4) is 0 Å². The first kappa shape index (κ1) is 11.5. The van der Waals surface area contributed by atoms with Crippen molar-refractivity contribution < 1.29 is 18.7 Å². The molecule has 1 fully saturated rings. The molecule has 0 aliphatic carbocycles. The number of nitrogens with zero attached hydrogens (tertiary/aromatic N) is 2. The third-order valence-electron chi connectivity index (χ3n) is 2.21. The summed E-state index contributed by atoms with van der Waals surface area (Å²) in [6.07, 6.45) is 0. The van der Waals surface area contributed by atoms with Gasteiger partial charge < -0.3 is 4.90 Å². The number of para-hydroxylation sites is 1. The van der Waals surface area contributed by atoms with Crippen LogP contribution in [0.25, 0.3) is 0 Å². The van der Waals surface area contributed by atoms with E-state index in [2.05, 4.69) is 0 Å². The SMILES string of the molecule is CN1CC(=O)N([P+](=O)Oc2ccccc2)C1=O. The van der Waals surface area contributed by atoms with Gasteiger partial charge in [0.05, 0.1) is 0 Å². The topological polar surface area (TPSA) is 66.9 Å². The van der Waals surface area contributed by atoms with Crippen LogP contribution in [-0.2, 0) is 9.36 Å². The molecule has 0 radical (unpaired) electrons. The maximum absolute atomic E-state index is 11.8. The van der Waals surface area contributed by atoms with Gasteiger partial charge in [-0.2, -0.15) is 0 Å². The van der Waals surface area contributed by atoms with Crippen molar-refractivity contribution in [2.24, 2.45) is 0 Å². The van der Waals surface area contributed by atoms with Crippen molar-refractivity contribution in [1.29, 1.82) is 0 Å². The fraction of sp³-hybridized carbons (Fsp3) is 0.200. The second kappa shape index (κ2) is 4.51. The molecule has 2 rings (SSSR count). The monoisotopic (exact) mass is 253 g/mol. The van der Waals surface area contributed by atoms with Crippen LogP contribution in [0.2, 0.25) is 0 Å². The van der Waals surface area contributed by atoms with E-state index in [0.717, 1.165) is 0 Å². The predicted molar refractivity (Wildman–Crippen MR) is 59.5 cm³/mol. The minimum atomic E-state index is -2.52. The van der Waals surface area contributed by atoms with Crippen LogP contribution in [0.4, 0.5) is 4.79 Å². The zero-order valence-corrected chi connectivity index (χ0v) is 9.96. The van der Waals surface area contributed by atoms with Crippen molar-refractivity contribution in [3.8, 4) is 5.75 Å². The number of hydrogen-bond acceptors (Lipinski definition) is 4. The van der Waals surface area contributed by atoms with Crippen molar-refractivity contribution in [2.45, 2.75) is 0 Å². The van der Waals surface area contributed by atoms with E-state index in [1.54, 1.807) is 30.3 Å². The molecule has 1 unspecified atom stereocenters. The number of likely N-dealkylation sites (N-methyl/N-ethyl adjacent to an activating group) is 1. The number of imide groups is 1. The summed E-state index contributed by atoms with van der Waals surface area (Å²) in [5, 5.41) is 0. The molecule has 7 heteroatoms. The van der Waals surface area contributed by atoms with E-state index in [1.165, 1.54) is 11.9 Å². The number of urea groups is 1. The fourth-order valence-corrected chi connectivity index (χ4v) is 2.30. The van der Waals surface area contributed by atoms with Gasteiger partial charge in [0.25, 0.3) is 5.91 Å². The normalized spacial score (nSPS) is 16.4. The molecule has 0 N–H and O–H groups in total. The number of rotatable bonds is 3. The highest BCUT2D eigenvalue weighted by atomic mass is 31.1. The first-order valence-corrected chi connectivity index (χ1v) is 6.01. The van der Waals surface area contributed by atoms with Crippen molar-refractivity contribution in [1.82, 2.24) is 9.57 Å². The van der Waals surface area contributed by atoms with Gasteiger partial charge >= 0.3 is 14.2 Å². The van der Waals surface area contributed by atoms with E-state index >= 15 is 0 Å². The largest absolute Gasteiger partial charge is 0.709 e. The number of amides is 3. The molecular weight excluding hydrogens is 243 g/mol. The van der Waals surface area contributed by atoms with Gasteiger partial charge in [0.15, 0.2) is 5.75 Å². The van der Waals surface area contributed by atoms with Crippen molar-refractivity contribution in [3.63, 3.8) is 0 Å². The van der Waals surface area contributed by atoms with Gasteiger partial charge in [-0.05, 0) is 16.8 Å². The van der Waals surface area contributed by atoms with Gasteiger partial charge in [-0.1, -0.05) is 18.2 Å². The Bertz CT molecular complexity index is 476. The number of carbonyl (C=O) groups is 2. The quantitative estimate of drug-likeness (QED) is 0.606. The third-order valence-corrected chi connectivity index (χ3v) is 3.29. The Hall–Kier alpha value is -1.94. The van der Waals surface area contributed by atoms with E-state index in [9.17, 15) is 14.2 Å². The lowest BCUT2D eigenvalue weighted by molar-refractivity contribution is -0.122. The molecule has 3 amide bonds. The standard InChI is InChI=1S/C10H10N2O4P/c1-11-7-9(13)12(10(11)14)17(15)16-8-5-3-2-4-6-8/h2-6H,7H2,1H3/q+1. The van der Waals surface area contributed by atoms with Crippen molar-refractivity contribution in [2.75, 3.05) is 13.6 Å². The lowest BCUT2D eigenvalue weighted by Gasteiger charge is -2.02. The highest BCUT2D eigenvalue weighted by Crippen LogP contribution is 2.34. The number of benzene rings is 1. The average molecular weight is 253 g/mol. The molecule has 0 aromatic heterocycles. The summed E-state index contributed by atoms with van der Waals surface area (Å²) in [5.74, 6) is -0.168. The molecule has 1 atom stereocenters. The van der Waals surface area contributed by atoms with Gasteiger partial charge in [0, 0.05) is 11.6 Å². The summed E-state index contributed by atoms with van der Waals surface area (Å²) < 4.78 is 17.5. The molecule has 0 spiro atoms. The maximum Gasteiger partial charge on any atom is 0.709 e. The predicted octanol–water partition coefficient (Wildman–Crippen LogP) is 1.62. The molecule has 6 nitrogen and oxygen atoms in total. The molecule has 1 aromatic carbocycles. The molecule has 1 saturated heterocycles. The summed E-state index contributed by atoms with van der Waals surface area (Å²) in [4.78, 5) is 24.1. The Morgan fingerprint density at radius 3 is 2.41 bits per heavy atom. The van der Waals surface area contributed by atoms with Crippen LogP contribution < -0.4 is 4.52 Å². The van der Waals surface area contributed by atoms with Crippen LogP contribution in [0.15, 0.2) is 30.3 Å². The van der Waals surface area contributed by atoms with Crippen molar-refractivity contribution in [3.05, 3.63) is 30.3 Å². The smallest absolute Gasteiger partial charge is 0.315 e. The number of hydrogen-bond donors (Lipinski definition) is 0. The first-order chi connectivity index (χ1) is 8.09. The molecule has 1 heterocycles. The summed E-state index contributed by atoms with van der Waals surface area (Å²) in [7, 11) is -1.06. The molecule has 17 heavy (non-hydrogen) atoms. The van der Waals surface area contributed by atoms with Crippen LogP contribution >= 0.6 is 8.18 Å². The lowest BCUT2D eigenvalue weighted by Crippen LogP contribution is -2.26. The number of carbonyl (C=O) groups excluding carboxylic acids is 2. The van der Waals surface area contributed by atoms with Crippen LogP contribution in [-0.4, -0.2) is 35.1 Å². The van der Waals surface area contributed by atoms with Gasteiger partial charge in [0.2, 0.25) is 0 Å². The second-order valence-corrected chi connectivity index (χ2v) is 4.54. The van der Waals surface area contributed by atoms with E-state index in [-0.39, 0.29) is 6.54 Å².